The second-order valence-electron chi connectivity index (χ2n) is 8.44. The maximum absolute atomic E-state index is 13.5. The summed E-state index contributed by atoms with van der Waals surface area (Å²) >= 11 is 0. The fraction of sp³-hybridized carbons (Fsp3) is 0.423. The largest absolute Gasteiger partial charge is 0.497 e. The molecular weight excluding hydrogens is 448 g/mol. The Kier molecular flexibility index (Phi) is 7.87. The monoisotopic (exact) mass is 480 g/mol. The molecule has 186 valence electrons. The van der Waals surface area contributed by atoms with Crippen molar-refractivity contribution in [3.63, 3.8) is 0 Å². The minimum Gasteiger partial charge on any atom is -0.497 e. The first-order chi connectivity index (χ1) is 17.0. The van der Waals surface area contributed by atoms with E-state index in [1.54, 1.807) is 31.1 Å². The third-order valence-electron chi connectivity index (χ3n) is 6.34. The Hall–Kier alpha value is -3.59. The maximum atomic E-state index is 13.5. The molecule has 0 aliphatic carbocycles. The number of nitrogens with zero attached hydrogens (tertiary/aromatic N) is 4. The zero-order valence-electron chi connectivity index (χ0n) is 20.5. The number of hydrogen-bond donors (Lipinski definition) is 0. The molecule has 2 amide bonds. The Morgan fingerprint density at radius 1 is 0.971 bits per heavy atom. The van der Waals surface area contributed by atoms with Crippen molar-refractivity contribution in [3.8, 4) is 11.5 Å². The molecular formula is C26H32N4O5. The van der Waals surface area contributed by atoms with Crippen LogP contribution in [0, 0.1) is 0 Å². The number of benzene rings is 2. The van der Waals surface area contributed by atoms with Crippen molar-refractivity contribution in [2.45, 2.75) is 19.4 Å². The van der Waals surface area contributed by atoms with Gasteiger partial charge in [-0.25, -0.2) is 9.80 Å². The van der Waals surface area contributed by atoms with Crippen LogP contribution in [0.5, 0.6) is 11.5 Å². The van der Waals surface area contributed by atoms with E-state index in [-0.39, 0.29) is 24.6 Å². The number of amides is 2. The van der Waals surface area contributed by atoms with Gasteiger partial charge >= 0.3 is 6.09 Å². The fourth-order valence-corrected chi connectivity index (χ4v) is 4.44. The molecule has 0 saturated carbocycles. The van der Waals surface area contributed by atoms with E-state index in [0.717, 1.165) is 28.3 Å². The van der Waals surface area contributed by atoms with Gasteiger partial charge in [-0.1, -0.05) is 24.3 Å². The molecule has 0 N–H and O–H groups in total. The summed E-state index contributed by atoms with van der Waals surface area (Å²) in [5.74, 6) is 1.40. The lowest BCUT2D eigenvalue weighted by Crippen LogP contribution is -2.51. The normalized spacial score (nSPS) is 18.3. The van der Waals surface area contributed by atoms with E-state index in [9.17, 15) is 9.59 Å². The molecule has 1 unspecified atom stereocenters. The third-order valence-corrected chi connectivity index (χ3v) is 6.34. The van der Waals surface area contributed by atoms with Gasteiger partial charge in [0.05, 0.1) is 39.1 Å². The smallest absolute Gasteiger partial charge is 0.409 e. The summed E-state index contributed by atoms with van der Waals surface area (Å²) in [5, 5.41) is 6.38. The predicted molar refractivity (Wildman–Crippen MR) is 132 cm³/mol. The molecule has 0 radical (unpaired) electrons. The first-order valence-electron chi connectivity index (χ1n) is 11.8. The van der Waals surface area contributed by atoms with Crippen molar-refractivity contribution in [3.05, 3.63) is 59.7 Å². The molecule has 2 aliphatic heterocycles. The average molecular weight is 481 g/mol. The molecule has 2 aromatic rings. The summed E-state index contributed by atoms with van der Waals surface area (Å²) in [6.45, 7) is 4.65. The Labute approximate surface area is 205 Å². The van der Waals surface area contributed by atoms with E-state index >= 15 is 0 Å². The van der Waals surface area contributed by atoms with Crippen molar-refractivity contribution in [2.24, 2.45) is 5.10 Å². The van der Waals surface area contributed by atoms with E-state index in [4.69, 9.17) is 19.3 Å². The summed E-state index contributed by atoms with van der Waals surface area (Å²) in [4.78, 5) is 29.2. The molecule has 9 heteroatoms. The van der Waals surface area contributed by atoms with Crippen molar-refractivity contribution < 1.29 is 23.8 Å². The van der Waals surface area contributed by atoms with Crippen molar-refractivity contribution in [1.82, 2.24) is 14.8 Å². The van der Waals surface area contributed by atoms with Crippen LogP contribution in [0.3, 0.4) is 0 Å². The molecule has 35 heavy (non-hydrogen) atoms. The molecule has 4 rings (SSSR count). The number of hydrazone groups is 1. The molecule has 1 fully saturated rings. The average Bonchev–Trinajstić information content (AvgIpc) is 3.35. The van der Waals surface area contributed by atoms with Crippen molar-refractivity contribution in [1.29, 1.82) is 0 Å². The molecule has 1 atom stereocenters. The minimum absolute atomic E-state index is 0.0831. The summed E-state index contributed by atoms with van der Waals surface area (Å²) in [6, 6.07) is 15.2. The lowest BCUT2D eigenvalue weighted by atomic mass is 9.98. The third kappa shape index (κ3) is 5.57. The number of methoxy groups -OCH3 is 2. The SMILES string of the molecule is CCOC(=O)N1CCN(CC(=O)N2N=C(c3ccccc3OC)CC2c2ccc(OC)cc2)CC1. The van der Waals surface area contributed by atoms with E-state index < -0.39 is 0 Å². The number of ether oxygens (including phenoxy) is 3. The van der Waals surface area contributed by atoms with E-state index in [0.29, 0.717) is 39.2 Å². The van der Waals surface area contributed by atoms with Crippen LogP contribution >= 0.6 is 0 Å². The van der Waals surface area contributed by atoms with Gasteiger partial charge in [0, 0.05) is 38.2 Å². The number of carbonyl (C=O) groups is 2. The highest BCUT2D eigenvalue weighted by Crippen LogP contribution is 2.35. The Morgan fingerprint density at radius 2 is 1.69 bits per heavy atom. The van der Waals surface area contributed by atoms with Gasteiger partial charge < -0.3 is 19.1 Å². The number of para-hydroxylation sites is 1. The molecule has 0 bridgehead atoms. The van der Waals surface area contributed by atoms with Gasteiger partial charge in [0.2, 0.25) is 0 Å². The molecule has 2 aromatic carbocycles. The summed E-state index contributed by atoms with van der Waals surface area (Å²) in [5.41, 5.74) is 2.68. The van der Waals surface area contributed by atoms with Crippen LogP contribution in [0.2, 0.25) is 0 Å². The van der Waals surface area contributed by atoms with Crippen LogP contribution in [-0.4, -0.2) is 86.1 Å². The highest BCUT2D eigenvalue weighted by atomic mass is 16.6. The molecule has 1 saturated heterocycles. The van der Waals surface area contributed by atoms with Gasteiger partial charge in [0.25, 0.3) is 5.91 Å². The summed E-state index contributed by atoms with van der Waals surface area (Å²) in [7, 11) is 3.26. The van der Waals surface area contributed by atoms with Gasteiger partial charge in [0.15, 0.2) is 0 Å². The summed E-state index contributed by atoms with van der Waals surface area (Å²) in [6.07, 6.45) is 0.276. The highest BCUT2D eigenvalue weighted by molar-refractivity contribution is 6.05. The number of carbonyl (C=O) groups excluding carboxylic acids is 2. The topological polar surface area (TPSA) is 83.9 Å². The Bertz CT molecular complexity index is 1060. The van der Waals surface area contributed by atoms with Crippen LogP contribution in [0.4, 0.5) is 4.79 Å². The Morgan fingerprint density at radius 3 is 2.34 bits per heavy atom. The first-order valence-corrected chi connectivity index (χ1v) is 11.8. The molecule has 2 heterocycles. The molecule has 0 spiro atoms. The van der Waals surface area contributed by atoms with E-state index in [2.05, 4.69) is 4.90 Å². The lowest BCUT2D eigenvalue weighted by Gasteiger charge is -2.34. The fourth-order valence-electron chi connectivity index (χ4n) is 4.44. The molecule has 2 aliphatic rings. The zero-order chi connectivity index (χ0) is 24.8. The minimum atomic E-state index is -0.302. The van der Waals surface area contributed by atoms with Crippen molar-refractivity contribution >= 4 is 17.7 Å². The molecule has 9 nitrogen and oxygen atoms in total. The van der Waals surface area contributed by atoms with Gasteiger partial charge in [-0.15, -0.1) is 0 Å². The van der Waals surface area contributed by atoms with Crippen LogP contribution in [0.15, 0.2) is 53.6 Å². The maximum Gasteiger partial charge on any atom is 0.409 e. The van der Waals surface area contributed by atoms with Gasteiger partial charge in [-0.2, -0.15) is 5.10 Å². The van der Waals surface area contributed by atoms with Crippen molar-refractivity contribution in [2.75, 3.05) is 53.6 Å². The number of hydrogen-bond acceptors (Lipinski definition) is 7. The first kappa shape index (κ1) is 24.5. The number of rotatable bonds is 7. The van der Waals surface area contributed by atoms with Crippen LogP contribution in [0.1, 0.15) is 30.5 Å². The Balaban J connectivity index is 1.52. The van der Waals surface area contributed by atoms with Gasteiger partial charge in [-0.3, -0.25) is 9.69 Å². The molecule has 0 aromatic heterocycles. The second kappa shape index (κ2) is 11.2. The number of piperazine rings is 1. The van der Waals surface area contributed by atoms with Crippen LogP contribution in [0.25, 0.3) is 0 Å². The zero-order valence-corrected chi connectivity index (χ0v) is 20.5. The standard InChI is InChI=1S/C26H32N4O5/c1-4-35-26(32)29-15-13-28(14-16-29)18-25(31)30-23(19-9-11-20(33-2)12-10-19)17-22(27-30)21-7-5-6-8-24(21)34-3/h5-12,23H,4,13-18H2,1-3H3. The quantitative estimate of drug-likeness (QED) is 0.605. The summed E-state index contributed by atoms with van der Waals surface area (Å²) < 4.78 is 15.9. The predicted octanol–water partition coefficient (Wildman–Crippen LogP) is 3.16. The second-order valence-corrected chi connectivity index (χ2v) is 8.44. The van der Waals surface area contributed by atoms with Gasteiger partial charge in [0.1, 0.15) is 11.5 Å². The lowest BCUT2D eigenvalue weighted by molar-refractivity contribution is -0.134. The van der Waals surface area contributed by atoms with Crippen LogP contribution in [-0.2, 0) is 9.53 Å². The van der Waals surface area contributed by atoms with E-state index in [1.165, 1.54) is 0 Å². The van der Waals surface area contributed by atoms with Gasteiger partial charge in [-0.05, 0) is 36.8 Å². The van der Waals surface area contributed by atoms with E-state index in [1.807, 2.05) is 48.5 Å². The highest BCUT2D eigenvalue weighted by Gasteiger charge is 2.35. The van der Waals surface area contributed by atoms with Crippen LogP contribution < -0.4 is 9.47 Å².